The average Bonchev–Trinajstić information content (AvgIpc) is 3.16. The highest BCUT2D eigenvalue weighted by Gasteiger charge is 2.19. The average molecular weight is 397 g/mol. The number of carbonyl (C=O) groups excluding carboxylic acids is 1. The number of methoxy groups -OCH3 is 1. The summed E-state index contributed by atoms with van der Waals surface area (Å²) < 4.78 is 7.48. The molecule has 0 saturated heterocycles. The van der Waals surface area contributed by atoms with Crippen molar-refractivity contribution in [1.82, 2.24) is 20.1 Å². The highest BCUT2D eigenvalue weighted by molar-refractivity contribution is 7.99. The van der Waals surface area contributed by atoms with Crippen molar-refractivity contribution in [1.29, 1.82) is 0 Å². The fourth-order valence-electron chi connectivity index (χ4n) is 2.72. The van der Waals surface area contributed by atoms with Gasteiger partial charge in [0.2, 0.25) is 5.91 Å². The molecule has 1 aromatic heterocycles. The van der Waals surface area contributed by atoms with Gasteiger partial charge >= 0.3 is 0 Å². The predicted molar refractivity (Wildman–Crippen MR) is 112 cm³/mol. The van der Waals surface area contributed by atoms with Gasteiger partial charge in [-0.1, -0.05) is 61.2 Å². The SMILES string of the molecule is CCC(C)NC(=O)CSc1nnc(-c2ccccc2)n1-c1ccccc1OC. The zero-order valence-corrected chi connectivity index (χ0v) is 17.1. The molecular formula is C21H24N4O2S. The van der Waals surface area contributed by atoms with Gasteiger partial charge in [0.1, 0.15) is 5.75 Å². The highest BCUT2D eigenvalue weighted by atomic mass is 32.2. The molecule has 0 saturated carbocycles. The molecule has 0 bridgehead atoms. The lowest BCUT2D eigenvalue weighted by Gasteiger charge is -2.14. The van der Waals surface area contributed by atoms with Gasteiger partial charge < -0.3 is 10.1 Å². The zero-order valence-electron chi connectivity index (χ0n) is 16.3. The lowest BCUT2D eigenvalue weighted by molar-refractivity contribution is -0.119. The van der Waals surface area contributed by atoms with Crippen molar-refractivity contribution in [3.8, 4) is 22.8 Å². The molecule has 3 rings (SSSR count). The number of amides is 1. The number of nitrogens with one attached hydrogen (secondary N) is 1. The predicted octanol–water partition coefficient (Wildman–Crippen LogP) is 3.95. The molecule has 146 valence electrons. The Balaban J connectivity index is 1.97. The van der Waals surface area contributed by atoms with E-state index in [1.54, 1.807) is 7.11 Å². The summed E-state index contributed by atoms with van der Waals surface area (Å²) in [6.45, 7) is 4.04. The van der Waals surface area contributed by atoms with Crippen molar-refractivity contribution in [2.75, 3.05) is 12.9 Å². The molecule has 28 heavy (non-hydrogen) atoms. The number of hydrogen-bond acceptors (Lipinski definition) is 5. The van der Waals surface area contributed by atoms with Gasteiger partial charge in [-0.3, -0.25) is 9.36 Å². The number of hydrogen-bond donors (Lipinski definition) is 1. The third-order valence-electron chi connectivity index (χ3n) is 4.34. The Morgan fingerprint density at radius 2 is 1.86 bits per heavy atom. The van der Waals surface area contributed by atoms with Crippen molar-refractivity contribution < 1.29 is 9.53 Å². The van der Waals surface area contributed by atoms with Crippen LogP contribution in [0.1, 0.15) is 20.3 Å². The molecule has 7 heteroatoms. The molecule has 0 aliphatic rings. The summed E-state index contributed by atoms with van der Waals surface area (Å²) in [5, 5.41) is 12.4. The maximum absolute atomic E-state index is 12.2. The molecule has 0 fully saturated rings. The Morgan fingerprint density at radius 1 is 1.14 bits per heavy atom. The van der Waals surface area contributed by atoms with Gasteiger partial charge in [0.25, 0.3) is 0 Å². The van der Waals surface area contributed by atoms with Gasteiger partial charge in [-0.2, -0.15) is 0 Å². The molecule has 3 aromatic rings. The van der Waals surface area contributed by atoms with Crippen LogP contribution in [0.4, 0.5) is 0 Å². The first-order chi connectivity index (χ1) is 13.6. The molecule has 0 spiro atoms. The summed E-state index contributed by atoms with van der Waals surface area (Å²) in [5.74, 6) is 1.67. The van der Waals surface area contributed by atoms with Gasteiger partial charge in [-0.15, -0.1) is 10.2 Å². The molecule has 1 N–H and O–H groups in total. The summed E-state index contributed by atoms with van der Waals surface area (Å²) in [4.78, 5) is 12.2. The third kappa shape index (κ3) is 4.54. The van der Waals surface area contributed by atoms with Crippen LogP contribution < -0.4 is 10.1 Å². The topological polar surface area (TPSA) is 69.0 Å². The monoisotopic (exact) mass is 396 g/mol. The molecule has 1 unspecified atom stereocenters. The van der Waals surface area contributed by atoms with Crippen LogP contribution in [0.3, 0.4) is 0 Å². The molecule has 0 radical (unpaired) electrons. The summed E-state index contributed by atoms with van der Waals surface area (Å²) >= 11 is 1.36. The van der Waals surface area contributed by atoms with E-state index in [1.165, 1.54) is 11.8 Å². The first-order valence-electron chi connectivity index (χ1n) is 9.20. The van der Waals surface area contributed by atoms with Gasteiger partial charge in [0.05, 0.1) is 18.6 Å². The Kier molecular flexibility index (Phi) is 6.71. The van der Waals surface area contributed by atoms with Crippen LogP contribution in [0.2, 0.25) is 0 Å². The number of benzene rings is 2. The molecule has 0 aliphatic heterocycles. The van der Waals surface area contributed by atoms with Gasteiger partial charge in [-0.25, -0.2) is 0 Å². The minimum atomic E-state index is -0.0183. The normalized spacial score (nSPS) is 11.8. The quantitative estimate of drug-likeness (QED) is 0.584. The van der Waals surface area contributed by atoms with Crippen molar-refractivity contribution in [3.05, 3.63) is 54.6 Å². The van der Waals surface area contributed by atoms with Gasteiger partial charge in [0.15, 0.2) is 11.0 Å². The van der Waals surface area contributed by atoms with E-state index in [2.05, 4.69) is 15.5 Å². The van der Waals surface area contributed by atoms with Crippen molar-refractivity contribution in [2.24, 2.45) is 0 Å². The molecule has 1 amide bonds. The van der Waals surface area contributed by atoms with Crippen LogP contribution in [-0.4, -0.2) is 39.6 Å². The summed E-state index contributed by atoms with van der Waals surface area (Å²) in [5.41, 5.74) is 1.77. The van der Waals surface area contributed by atoms with Crippen molar-refractivity contribution in [2.45, 2.75) is 31.5 Å². The van der Waals surface area contributed by atoms with Crippen LogP contribution in [-0.2, 0) is 4.79 Å². The summed E-state index contributed by atoms with van der Waals surface area (Å²) in [6.07, 6.45) is 0.895. The van der Waals surface area contributed by atoms with Crippen LogP contribution in [0, 0.1) is 0 Å². The zero-order chi connectivity index (χ0) is 19.9. The number of para-hydroxylation sites is 2. The molecule has 6 nitrogen and oxygen atoms in total. The highest BCUT2D eigenvalue weighted by Crippen LogP contribution is 2.32. The Bertz CT molecular complexity index is 927. The smallest absolute Gasteiger partial charge is 0.230 e. The Morgan fingerprint density at radius 3 is 2.57 bits per heavy atom. The first kappa shape index (κ1) is 19.9. The lowest BCUT2D eigenvalue weighted by atomic mass is 10.2. The van der Waals surface area contributed by atoms with E-state index in [0.29, 0.717) is 16.7 Å². The number of thioether (sulfide) groups is 1. The minimum Gasteiger partial charge on any atom is -0.495 e. The molecule has 0 aliphatic carbocycles. The number of aromatic nitrogens is 3. The molecular weight excluding hydrogens is 372 g/mol. The second-order valence-electron chi connectivity index (χ2n) is 6.34. The number of carbonyl (C=O) groups is 1. The summed E-state index contributed by atoms with van der Waals surface area (Å²) in [6, 6.07) is 17.7. The maximum Gasteiger partial charge on any atom is 0.230 e. The number of ether oxygens (including phenoxy) is 1. The van der Waals surface area contributed by atoms with Crippen LogP contribution >= 0.6 is 11.8 Å². The molecule has 1 atom stereocenters. The third-order valence-corrected chi connectivity index (χ3v) is 5.27. The first-order valence-corrected chi connectivity index (χ1v) is 10.2. The largest absolute Gasteiger partial charge is 0.495 e. The lowest BCUT2D eigenvalue weighted by Crippen LogP contribution is -2.33. The molecule has 1 heterocycles. The fourth-order valence-corrected chi connectivity index (χ4v) is 3.47. The second-order valence-corrected chi connectivity index (χ2v) is 7.29. The van der Waals surface area contributed by atoms with E-state index in [4.69, 9.17) is 4.74 Å². The number of rotatable bonds is 8. The van der Waals surface area contributed by atoms with E-state index in [0.717, 1.165) is 17.7 Å². The second kappa shape index (κ2) is 9.41. The van der Waals surface area contributed by atoms with Crippen molar-refractivity contribution in [3.63, 3.8) is 0 Å². The molecule has 2 aromatic carbocycles. The minimum absolute atomic E-state index is 0.0183. The Hall–Kier alpha value is -2.80. The fraction of sp³-hybridized carbons (Fsp3) is 0.286. The van der Waals surface area contributed by atoms with Gasteiger partial charge in [0, 0.05) is 11.6 Å². The van der Waals surface area contributed by atoms with E-state index in [-0.39, 0.29) is 17.7 Å². The van der Waals surface area contributed by atoms with Crippen molar-refractivity contribution >= 4 is 17.7 Å². The standard InChI is InChI=1S/C21H24N4O2S/c1-4-15(2)22-19(26)14-28-21-24-23-20(16-10-6-5-7-11-16)25(21)17-12-8-9-13-18(17)27-3/h5-13,15H,4,14H2,1-3H3,(H,22,26). The van der Waals surface area contributed by atoms with E-state index in [9.17, 15) is 4.79 Å². The summed E-state index contributed by atoms with van der Waals surface area (Å²) in [7, 11) is 1.64. The van der Waals surface area contributed by atoms with Crippen LogP contribution in [0.25, 0.3) is 17.1 Å². The Labute approximate surface area is 169 Å². The van der Waals surface area contributed by atoms with E-state index < -0.39 is 0 Å². The maximum atomic E-state index is 12.2. The van der Waals surface area contributed by atoms with Crippen LogP contribution in [0.15, 0.2) is 59.8 Å². The van der Waals surface area contributed by atoms with Gasteiger partial charge in [-0.05, 0) is 25.5 Å². The van der Waals surface area contributed by atoms with E-state index in [1.807, 2.05) is 73.0 Å². The van der Waals surface area contributed by atoms with E-state index >= 15 is 0 Å². The van der Waals surface area contributed by atoms with Crippen LogP contribution in [0.5, 0.6) is 5.75 Å². The number of nitrogens with zero attached hydrogens (tertiary/aromatic N) is 3.